The number of carbonyl (C=O) groups is 1. The topological polar surface area (TPSA) is 50.7 Å². The summed E-state index contributed by atoms with van der Waals surface area (Å²) < 4.78 is 0. The Hall–Kier alpha value is -2.62. The normalized spacial score (nSPS) is 10.6. The first-order chi connectivity index (χ1) is 10.1. The van der Waals surface area contributed by atoms with Gasteiger partial charge in [-0.3, -0.25) is 4.79 Å². The van der Waals surface area contributed by atoms with Crippen LogP contribution in [0.2, 0.25) is 0 Å². The highest BCUT2D eigenvalue weighted by Gasteiger charge is 2.05. The van der Waals surface area contributed by atoms with Crippen molar-refractivity contribution in [2.24, 2.45) is 5.16 Å². The molecule has 108 valence electrons. The van der Waals surface area contributed by atoms with Crippen molar-refractivity contribution >= 4 is 17.8 Å². The van der Waals surface area contributed by atoms with E-state index >= 15 is 0 Å². The summed E-state index contributed by atoms with van der Waals surface area (Å²) in [5.74, 6) is -0.228. The van der Waals surface area contributed by atoms with Crippen LogP contribution < -0.4 is 5.32 Å². The molecule has 0 bridgehead atoms. The number of aryl methyl sites for hydroxylation is 2. The van der Waals surface area contributed by atoms with Crippen LogP contribution in [0.1, 0.15) is 16.7 Å². The first-order valence-electron chi connectivity index (χ1n) is 6.72. The third-order valence-corrected chi connectivity index (χ3v) is 2.94. The summed E-state index contributed by atoms with van der Waals surface area (Å²) in [5, 5.41) is 6.59. The van der Waals surface area contributed by atoms with Gasteiger partial charge in [0.25, 0.3) is 5.91 Å². The number of anilines is 1. The molecule has 4 nitrogen and oxygen atoms in total. The van der Waals surface area contributed by atoms with Gasteiger partial charge in [0.05, 0.1) is 6.21 Å². The molecule has 0 saturated carbocycles. The van der Waals surface area contributed by atoms with Crippen molar-refractivity contribution in [3.05, 3.63) is 65.2 Å². The van der Waals surface area contributed by atoms with E-state index in [4.69, 9.17) is 4.84 Å². The first-order valence-corrected chi connectivity index (χ1v) is 6.72. The number of rotatable bonds is 5. The lowest BCUT2D eigenvalue weighted by molar-refractivity contribution is -0.120. The van der Waals surface area contributed by atoms with Crippen molar-refractivity contribution < 1.29 is 9.63 Å². The molecule has 0 fully saturated rings. The second-order valence-corrected chi connectivity index (χ2v) is 4.79. The van der Waals surface area contributed by atoms with Gasteiger partial charge in [-0.1, -0.05) is 47.6 Å². The maximum Gasteiger partial charge on any atom is 0.265 e. The van der Waals surface area contributed by atoms with E-state index in [9.17, 15) is 4.79 Å². The summed E-state index contributed by atoms with van der Waals surface area (Å²) in [4.78, 5) is 16.8. The summed E-state index contributed by atoms with van der Waals surface area (Å²) in [6, 6.07) is 15.5. The van der Waals surface area contributed by atoms with Crippen LogP contribution >= 0.6 is 0 Å². The molecule has 0 aliphatic rings. The van der Waals surface area contributed by atoms with E-state index in [0.717, 1.165) is 22.4 Å². The van der Waals surface area contributed by atoms with Crippen molar-refractivity contribution in [3.63, 3.8) is 0 Å². The monoisotopic (exact) mass is 282 g/mol. The average molecular weight is 282 g/mol. The molecule has 2 rings (SSSR count). The van der Waals surface area contributed by atoms with Crippen molar-refractivity contribution in [1.82, 2.24) is 0 Å². The molecule has 4 heteroatoms. The number of hydrogen-bond acceptors (Lipinski definition) is 3. The van der Waals surface area contributed by atoms with E-state index in [0.29, 0.717) is 0 Å². The van der Waals surface area contributed by atoms with Gasteiger partial charge in [-0.2, -0.15) is 0 Å². The molecule has 0 saturated heterocycles. The third-order valence-electron chi connectivity index (χ3n) is 2.94. The fourth-order valence-corrected chi connectivity index (χ4v) is 1.79. The summed E-state index contributed by atoms with van der Waals surface area (Å²) >= 11 is 0. The zero-order valence-corrected chi connectivity index (χ0v) is 12.2. The number of benzene rings is 2. The Morgan fingerprint density at radius 1 is 1.19 bits per heavy atom. The number of nitrogens with one attached hydrogen (secondary N) is 1. The lowest BCUT2D eigenvalue weighted by Gasteiger charge is -2.08. The van der Waals surface area contributed by atoms with Gasteiger partial charge in [0.1, 0.15) is 0 Å². The summed E-state index contributed by atoms with van der Waals surface area (Å²) in [5.41, 5.74) is 3.84. The summed E-state index contributed by atoms with van der Waals surface area (Å²) in [7, 11) is 0. The van der Waals surface area contributed by atoms with Crippen LogP contribution in [0.15, 0.2) is 53.7 Å². The minimum atomic E-state index is -0.228. The van der Waals surface area contributed by atoms with E-state index < -0.39 is 0 Å². The minimum Gasteiger partial charge on any atom is -0.386 e. The number of amides is 1. The highest BCUT2D eigenvalue weighted by Crippen LogP contribution is 2.16. The number of oxime groups is 1. The first kappa shape index (κ1) is 14.8. The quantitative estimate of drug-likeness (QED) is 0.675. The standard InChI is InChI=1S/C17H18N2O2/c1-13-8-9-14(2)16(10-13)19-17(20)12-21-18-11-15-6-4-3-5-7-15/h3-11H,12H2,1-2H3,(H,19,20)/b18-11-. The number of carbonyl (C=O) groups excluding carboxylic acids is 1. The van der Waals surface area contributed by atoms with Gasteiger partial charge in [0, 0.05) is 5.69 Å². The van der Waals surface area contributed by atoms with Crippen molar-refractivity contribution in [2.75, 3.05) is 11.9 Å². The van der Waals surface area contributed by atoms with Crippen LogP contribution in [0.3, 0.4) is 0 Å². The fourth-order valence-electron chi connectivity index (χ4n) is 1.79. The van der Waals surface area contributed by atoms with E-state index in [-0.39, 0.29) is 12.5 Å². The number of nitrogens with zero attached hydrogens (tertiary/aromatic N) is 1. The molecular formula is C17H18N2O2. The molecule has 0 spiro atoms. The zero-order valence-electron chi connectivity index (χ0n) is 12.2. The van der Waals surface area contributed by atoms with Gasteiger partial charge < -0.3 is 10.2 Å². The average Bonchev–Trinajstić information content (AvgIpc) is 2.48. The molecule has 2 aromatic carbocycles. The van der Waals surface area contributed by atoms with E-state index in [1.54, 1.807) is 6.21 Å². The summed E-state index contributed by atoms with van der Waals surface area (Å²) in [6.45, 7) is 3.82. The van der Waals surface area contributed by atoms with Crippen molar-refractivity contribution in [2.45, 2.75) is 13.8 Å². The van der Waals surface area contributed by atoms with E-state index in [1.165, 1.54) is 0 Å². The van der Waals surface area contributed by atoms with Gasteiger partial charge in [0.15, 0.2) is 6.61 Å². The minimum absolute atomic E-state index is 0.114. The van der Waals surface area contributed by atoms with E-state index in [1.807, 2.05) is 62.4 Å². The number of hydrogen-bond donors (Lipinski definition) is 1. The third kappa shape index (κ3) is 4.76. The molecule has 0 heterocycles. The van der Waals surface area contributed by atoms with Gasteiger partial charge in [0.2, 0.25) is 0 Å². The lowest BCUT2D eigenvalue weighted by Crippen LogP contribution is -2.17. The highest BCUT2D eigenvalue weighted by atomic mass is 16.6. The highest BCUT2D eigenvalue weighted by molar-refractivity contribution is 5.92. The van der Waals surface area contributed by atoms with Crippen LogP contribution in [0, 0.1) is 13.8 Å². The van der Waals surface area contributed by atoms with Crippen LogP contribution in [-0.2, 0) is 9.63 Å². The second kappa shape index (κ2) is 7.24. The van der Waals surface area contributed by atoms with Crippen molar-refractivity contribution in [3.8, 4) is 0 Å². The maximum atomic E-state index is 11.8. The second-order valence-electron chi connectivity index (χ2n) is 4.79. The molecule has 0 aliphatic heterocycles. The van der Waals surface area contributed by atoms with Crippen LogP contribution in [-0.4, -0.2) is 18.7 Å². The Morgan fingerprint density at radius 3 is 2.71 bits per heavy atom. The smallest absolute Gasteiger partial charge is 0.265 e. The Bertz CT molecular complexity index is 636. The Balaban J connectivity index is 1.82. The van der Waals surface area contributed by atoms with Gasteiger partial charge >= 0.3 is 0 Å². The van der Waals surface area contributed by atoms with Crippen LogP contribution in [0.25, 0.3) is 0 Å². The molecule has 0 aliphatic carbocycles. The molecular weight excluding hydrogens is 264 g/mol. The molecule has 0 radical (unpaired) electrons. The SMILES string of the molecule is Cc1ccc(C)c(NC(=O)CO/N=C\c2ccccc2)c1. The maximum absolute atomic E-state index is 11.8. The van der Waals surface area contributed by atoms with Crippen molar-refractivity contribution in [1.29, 1.82) is 0 Å². The molecule has 0 unspecified atom stereocenters. The largest absolute Gasteiger partial charge is 0.386 e. The summed E-state index contributed by atoms with van der Waals surface area (Å²) in [6.07, 6.45) is 1.57. The molecule has 0 atom stereocenters. The van der Waals surface area contributed by atoms with Gasteiger partial charge in [-0.25, -0.2) is 0 Å². The Morgan fingerprint density at radius 2 is 1.95 bits per heavy atom. The molecule has 21 heavy (non-hydrogen) atoms. The lowest BCUT2D eigenvalue weighted by atomic mass is 10.1. The molecule has 1 amide bonds. The van der Waals surface area contributed by atoms with Crippen LogP contribution in [0.4, 0.5) is 5.69 Å². The van der Waals surface area contributed by atoms with E-state index in [2.05, 4.69) is 10.5 Å². The fraction of sp³-hybridized carbons (Fsp3) is 0.176. The Kier molecular flexibility index (Phi) is 5.10. The molecule has 2 aromatic rings. The zero-order chi connectivity index (χ0) is 15.1. The molecule has 0 aromatic heterocycles. The van der Waals surface area contributed by atoms with Gasteiger partial charge in [-0.15, -0.1) is 0 Å². The van der Waals surface area contributed by atoms with Crippen LogP contribution in [0.5, 0.6) is 0 Å². The van der Waals surface area contributed by atoms with Gasteiger partial charge in [-0.05, 0) is 36.6 Å². The predicted octanol–water partition coefficient (Wildman–Crippen LogP) is 3.29. The predicted molar refractivity (Wildman–Crippen MR) is 84.5 cm³/mol. The molecule has 1 N–H and O–H groups in total. The Labute approximate surface area is 124 Å².